The zero-order chi connectivity index (χ0) is 20.4. The number of hydrogen-bond acceptors (Lipinski definition) is 3. The highest BCUT2D eigenvalue weighted by Gasteiger charge is 2.22. The molecule has 0 spiro atoms. The Bertz CT molecular complexity index is 1160. The summed E-state index contributed by atoms with van der Waals surface area (Å²) in [5.74, 6) is 6.15. The number of halogens is 2. The van der Waals surface area contributed by atoms with Gasteiger partial charge in [0.1, 0.15) is 11.5 Å². The second kappa shape index (κ2) is 8.09. The Morgan fingerprint density at radius 2 is 1.55 bits per heavy atom. The number of carbonyl (C=O) groups excluding carboxylic acids is 1. The van der Waals surface area contributed by atoms with Crippen LogP contribution in [0.25, 0.3) is 17.1 Å². The molecule has 5 nitrogen and oxygen atoms in total. The van der Waals surface area contributed by atoms with Gasteiger partial charge in [-0.25, -0.2) is 15.8 Å². The SMILES string of the molecule is NN(C(=O)c1cn(-c2ccc(Cl)cc2)c(-c2ccccc2Cl)n1)c1ccccc1. The number of para-hydroxylation sites is 1. The number of nitrogens with zero attached hydrogens (tertiary/aromatic N) is 3. The van der Waals surface area contributed by atoms with E-state index >= 15 is 0 Å². The fourth-order valence-electron chi connectivity index (χ4n) is 2.94. The molecule has 0 aliphatic carbocycles. The first-order valence-corrected chi connectivity index (χ1v) is 9.54. The van der Waals surface area contributed by atoms with Crippen molar-refractivity contribution in [2.75, 3.05) is 5.01 Å². The third-order valence-corrected chi connectivity index (χ3v) is 4.98. The maximum absolute atomic E-state index is 13.0. The van der Waals surface area contributed by atoms with E-state index < -0.39 is 5.91 Å². The van der Waals surface area contributed by atoms with E-state index in [9.17, 15) is 4.79 Å². The van der Waals surface area contributed by atoms with Crippen molar-refractivity contribution in [3.05, 3.63) is 101 Å². The van der Waals surface area contributed by atoms with Crippen LogP contribution in [0, 0.1) is 0 Å². The fraction of sp³-hybridized carbons (Fsp3) is 0. The van der Waals surface area contributed by atoms with Gasteiger partial charge in [-0.1, -0.05) is 53.5 Å². The third kappa shape index (κ3) is 3.89. The van der Waals surface area contributed by atoms with Gasteiger partial charge in [0.05, 0.1) is 10.7 Å². The molecule has 0 atom stereocenters. The number of anilines is 1. The zero-order valence-electron chi connectivity index (χ0n) is 15.2. The van der Waals surface area contributed by atoms with Crippen LogP contribution in [0.15, 0.2) is 85.1 Å². The molecule has 1 heterocycles. The van der Waals surface area contributed by atoms with Crippen LogP contribution in [0.3, 0.4) is 0 Å². The Morgan fingerprint density at radius 1 is 0.897 bits per heavy atom. The lowest BCUT2D eigenvalue weighted by Gasteiger charge is -2.14. The quantitative estimate of drug-likeness (QED) is 0.273. The van der Waals surface area contributed by atoms with Gasteiger partial charge in [-0.05, 0) is 48.5 Å². The number of nitrogens with two attached hydrogens (primary N) is 1. The molecule has 0 saturated heterocycles. The minimum Gasteiger partial charge on any atom is -0.299 e. The third-order valence-electron chi connectivity index (χ3n) is 4.40. The summed E-state index contributed by atoms with van der Waals surface area (Å²) in [6, 6.07) is 23.5. The lowest BCUT2D eigenvalue weighted by atomic mass is 10.2. The molecule has 0 unspecified atom stereocenters. The molecule has 0 aliphatic rings. The maximum Gasteiger partial charge on any atom is 0.292 e. The van der Waals surface area contributed by atoms with Crippen LogP contribution in [-0.2, 0) is 0 Å². The highest BCUT2D eigenvalue weighted by molar-refractivity contribution is 6.33. The zero-order valence-corrected chi connectivity index (χ0v) is 16.7. The van der Waals surface area contributed by atoms with E-state index in [0.29, 0.717) is 27.1 Å². The van der Waals surface area contributed by atoms with E-state index in [4.69, 9.17) is 29.0 Å². The lowest BCUT2D eigenvalue weighted by molar-refractivity contribution is 0.0982. The van der Waals surface area contributed by atoms with E-state index in [1.165, 1.54) is 0 Å². The molecule has 0 bridgehead atoms. The molecule has 4 rings (SSSR count). The largest absolute Gasteiger partial charge is 0.299 e. The van der Waals surface area contributed by atoms with Crippen LogP contribution in [0.4, 0.5) is 5.69 Å². The molecule has 1 aromatic heterocycles. The molecule has 0 radical (unpaired) electrons. The van der Waals surface area contributed by atoms with Crippen molar-refractivity contribution in [2.24, 2.45) is 5.84 Å². The highest BCUT2D eigenvalue weighted by Crippen LogP contribution is 2.30. The van der Waals surface area contributed by atoms with Gasteiger partial charge in [-0.15, -0.1) is 0 Å². The Labute approximate surface area is 177 Å². The van der Waals surface area contributed by atoms with Gasteiger partial charge in [-0.3, -0.25) is 9.36 Å². The summed E-state index contributed by atoms with van der Waals surface area (Å²) >= 11 is 12.4. The van der Waals surface area contributed by atoms with Crippen molar-refractivity contribution in [3.8, 4) is 17.1 Å². The van der Waals surface area contributed by atoms with E-state index in [0.717, 1.165) is 10.7 Å². The summed E-state index contributed by atoms with van der Waals surface area (Å²) in [5.41, 5.74) is 2.25. The Hall–Kier alpha value is -3.12. The number of benzene rings is 3. The fourth-order valence-corrected chi connectivity index (χ4v) is 3.29. The summed E-state index contributed by atoms with van der Waals surface area (Å²) in [6.45, 7) is 0. The van der Waals surface area contributed by atoms with Crippen molar-refractivity contribution >= 4 is 34.8 Å². The number of carbonyl (C=O) groups is 1. The summed E-state index contributed by atoms with van der Waals surface area (Å²) in [7, 11) is 0. The summed E-state index contributed by atoms with van der Waals surface area (Å²) in [6.07, 6.45) is 1.65. The Morgan fingerprint density at radius 3 is 2.24 bits per heavy atom. The number of rotatable bonds is 4. The topological polar surface area (TPSA) is 64.2 Å². The van der Waals surface area contributed by atoms with Crippen molar-refractivity contribution < 1.29 is 4.79 Å². The van der Waals surface area contributed by atoms with Crippen LogP contribution >= 0.6 is 23.2 Å². The number of hydrogen-bond donors (Lipinski definition) is 1. The highest BCUT2D eigenvalue weighted by atomic mass is 35.5. The molecule has 0 aliphatic heterocycles. The molecular formula is C22H16Cl2N4O. The molecular weight excluding hydrogens is 407 g/mol. The molecule has 3 aromatic carbocycles. The predicted molar refractivity (Wildman–Crippen MR) is 116 cm³/mol. The average molecular weight is 423 g/mol. The van der Waals surface area contributed by atoms with E-state index in [1.807, 2.05) is 48.5 Å². The Kier molecular flexibility index (Phi) is 5.36. The van der Waals surface area contributed by atoms with Crippen LogP contribution in [0.2, 0.25) is 10.0 Å². The number of aromatic nitrogens is 2. The van der Waals surface area contributed by atoms with E-state index in [-0.39, 0.29) is 5.69 Å². The normalized spacial score (nSPS) is 10.7. The van der Waals surface area contributed by atoms with Crippen molar-refractivity contribution in [3.63, 3.8) is 0 Å². The van der Waals surface area contributed by atoms with Gasteiger partial charge in [0.15, 0.2) is 0 Å². The molecule has 1 amide bonds. The Balaban J connectivity index is 1.82. The first kappa shape index (κ1) is 19.2. The van der Waals surface area contributed by atoms with E-state index in [2.05, 4.69) is 4.98 Å². The van der Waals surface area contributed by atoms with Gasteiger partial charge < -0.3 is 0 Å². The van der Waals surface area contributed by atoms with Gasteiger partial charge in [0, 0.05) is 22.5 Å². The number of imidazole rings is 1. The van der Waals surface area contributed by atoms with Gasteiger partial charge >= 0.3 is 0 Å². The molecule has 0 saturated carbocycles. The standard InChI is InChI=1S/C22H16Cl2N4O/c23-15-10-12-16(13-11-15)27-14-20(22(29)28(25)17-6-2-1-3-7-17)26-21(27)18-8-4-5-9-19(18)24/h1-14H,25H2. The van der Waals surface area contributed by atoms with Crippen molar-refractivity contribution in [1.82, 2.24) is 9.55 Å². The lowest BCUT2D eigenvalue weighted by Crippen LogP contribution is -2.37. The summed E-state index contributed by atoms with van der Waals surface area (Å²) in [4.78, 5) is 17.5. The average Bonchev–Trinajstić information content (AvgIpc) is 3.19. The van der Waals surface area contributed by atoms with Gasteiger partial charge in [0.2, 0.25) is 0 Å². The number of hydrazine groups is 1. The monoisotopic (exact) mass is 422 g/mol. The van der Waals surface area contributed by atoms with Crippen LogP contribution in [-0.4, -0.2) is 15.5 Å². The molecule has 144 valence electrons. The first-order valence-electron chi connectivity index (χ1n) is 8.79. The second-order valence-corrected chi connectivity index (χ2v) is 7.13. The van der Waals surface area contributed by atoms with Gasteiger partial charge in [-0.2, -0.15) is 0 Å². The maximum atomic E-state index is 13.0. The van der Waals surface area contributed by atoms with Crippen LogP contribution in [0.1, 0.15) is 10.5 Å². The summed E-state index contributed by atoms with van der Waals surface area (Å²) in [5, 5.41) is 2.21. The predicted octanol–water partition coefficient (Wildman–Crippen LogP) is 5.37. The van der Waals surface area contributed by atoms with Crippen LogP contribution < -0.4 is 10.9 Å². The molecule has 0 fully saturated rings. The van der Waals surface area contributed by atoms with Gasteiger partial charge in [0.25, 0.3) is 5.91 Å². The smallest absolute Gasteiger partial charge is 0.292 e. The minimum atomic E-state index is -0.433. The van der Waals surface area contributed by atoms with Crippen molar-refractivity contribution in [1.29, 1.82) is 0 Å². The van der Waals surface area contributed by atoms with E-state index in [1.54, 1.807) is 41.1 Å². The minimum absolute atomic E-state index is 0.196. The molecule has 29 heavy (non-hydrogen) atoms. The van der Waals surface area contributed by atoms with Crippen molar-refractivity contribution in [2.45, 2.75) is 0 Å². The molecule has 4 aromatic rings. The molecule has 2 N–H and O–H groups in total. The summed E-state index contributed by atoms with van der Waals surface area (Å²) < 4.78 is 1.80. The van der Waals surface area contributed by atoms with Crippen LogP contribution in [0.5, 0.6) is 0 Å². The second-order valence-electron chi connectivity index (χ2n) is 6.29. The first-order chi connectivity index (χ1) is 14.0. The number of amides is 1. The molecule has 7 heteroatoms.